The van der Waals surface area contributed by atoms with Crippen LogP contribution in [0, 0.1) is 0 Å². The molecule has 2 aliphatic rings. The van der Waals surface area contributed by atoms with E-state index in [-0.39, 0.29) is 17.9 Å². The van der Waals surface area contributed by atoms with E-state index in [2.05, 4.69) is 23.5 Å². The quantitative estimate of drug-likeness (QED) is 0.917. The number of hydrogen-bond acceptors (Lipinski definition) is 2. The first-order valence-electron chi connectivity index (χ1n) is 9.49. The first-order chi connectivity index (χ1) is 12.7. The summed E-state index contributed by atoms with van der Waals surface area (Å²) >= 11 is 0. The second-order valence-corrected chi connectivity index (χ2v) is 7.11. The van der Waals surface area contributed by atoms with E-state index in [0.717, 1.165) is 36.9 Å². The Kier molecular flexibility index (Phi) is 4.49. The maximum Gasteiger partial charge on any atom is 0.251 e. The predicted octanol–water partition coefficient (Wildman–Crippen LogP) is 3.79. The molecule has 2 amide bonds. The molecule has 1 aliphatic heterocycles. The standard InChI is InChI=1S/C22H24N2O2/c1-2-21(25)24-13-12-16-14-17(10-11-20(16)24)22(26)23-19-9-5-7-15-6-3-4-8-18(15)19/h3-4,6,8,10-11,14,19H,2,5,7,9,12-13H2,1H3,(H,23,26). The second-order valence-electron chi connectivity index (χ2n) is 7.11. The molecule has 1 heterocycles. The Balaban J connectivity index is 1.53. The van der Waals surface area contributed by atoms with Crippen LogP contribution in [-0.4, -0.2) is 18.4 Å². The van der Waals surface area contributed by atoms with Gasteiger partial charge >= 0.3 is 0 Å². The molecule has 0 radical (unpaired) electrons. The molecule has 4 rings (SSSR count). The van der Waals surface area contributed by atoms with Crippen LogP contribution in [0.5, 0.6) is 0 Å². The van der Waals surface area contributed by atoms with Gasteiger partial charge in [-0.3, -0.25) is 9.59 Å². The molecule has 1 N–H and O–H groups in total. The highest BCUT2D eigenvalue weighted by atomic mass is 16.2. The van der Waals surface area contributed by atoms with Crippen LogP contribution in [0.25, 0.3) is 0 Å². The van der Waals surface area contributed by atoms with E-state index >= 15 is 0 Å². The number of anilines is 1. The topological polar surface area (TPSA) is 49.4 Å². The molecule has 0 fully saturated rings. The number of carbonyl (C=O) groups is 2. The van der Waals surface area contributed by atoms with Crippen molar-refractivity contribution in [1.29, 1.82) is 0 Å². The van der Waals surface area contributed by atoms with E-state index in [1.165, 1.54) is 11.1 Å². The molecular weight excluding hydrogens is 324 g/mol. The van der Waals surface area contributed by atoms with Crippen molar-refractivity contribution >= 4 is 17.5 Å². The molecule has 1 aliphatic carbocycles. The average molecular weight is 348 g/mol. The average Bonchev–Trinajstić information content (AvgIpc) is 3.11. The molecule has 2 aromatic carbocycles. The van der Waals surface area contributed by atoms with Gasteiger partial charge in [0.15, 0.2) is 0 Å². The largest absolute Gasteiger partial charge is 0.345 e. The first-order valence-corrected chi connectivity index (χ1v) is 9.49. The summed E-state index contributed by atoms with van der Waals surface area (Å²) in [6.45, 7) is 2.59. The van der Waals surface area contributed by atoms with Gasteiger partial charge in [-0.2, -0.15) is 0 Å². The van der Waals surface area contributed by atoms with Crippen molar-refractivity contribution in [2.75, 3.05) is 11.4 Å². The highest BCUT2D eigenvalue weighted by molar-refractivity contribution is 5.98. The SMILES string of the molecule is CCC(=O)N1CCc2cc(C(=O)NC3CCCc4ccccc43)ccc21. The fourth-order valence-electron chi connectivity index (χ4n) is 4.14. The third kappa shape index (κ3) is 3.00. The summed E-state index contributed by atoms with van der Waals surface area (Å²) in [4.78, 5) is 26.7. The maximum absolute atomic E-state index is 12.8. The van der Waals surface area contributed by atoms with Crippen LogP contribution < -0.4 is 10.2 Å². The van der Waals surface area contributed by atoms with E-state index in [9.17, 15) is 9.59 Å². The molecule has 1 unspecified atom stereocenters. The van der Waals surface area contributed by atoms with E-state index < -0.39 is 0 Å². The number of hydrogen-bond donors (Lipinski definition) is 1. The van der Waals surface area contributed by atoms with E-state index in [1.54, 1.807) is 0 Å². The van der Waals surface area contributed by atoms with Crippen LogP contribution in [0.3, 0.4) is 0 Å². The van der Waals surface area contributed by atoms with Crippen molar-refractivity contribution in [2.24, 2.45) is 0 Å². The van der Waals surface area contributed by atoms with Gasteiger partial charge in [-0.1, -0.05) is 31.2 Å². The van der Waals surface area contributed by atoms with Crippen molar-refractivity contribution < 1.29 is 9.59 Å². The fraction of sp³-hybridized carbons (Fsp3) is 0.364. The van der Waals surface area contributed by atoms with Crippen LogP contribution in [0.15, 0.2) is 42.5 Å². The fourth-order valence-corrected chi connectivity index (χ4v) is 4.14. The summed E-state index contributed by atoms with van der Waals surface area (Å²) in [6.07, 6.45) is 4.48. The summed E-state index contributed by atoms with van der Waals surface area (Å²) < 4.78 is 0. The van der Waals surface area contributed by atoms with Crippen molar-refractivity contribution in [1.82, 2.24) is 5.32 Å². The molecular formula is C22H24N2O2. The number of carbonyl (C=O) groups excluding carboxylic acids is 2. The Labute approximate surface area is 154 Å². The van der Waals surface area contributed by atoms with Gasteiger partial charge in [0, 0.05) is 24.2 Å². The molecule has 2 aromatic rings. The number of aryl methyl sites for hydroxylation is 1. The van der Waals surface area contributed by atoms with E-state index in [0.29, 0.717) is 18.5 Å². The second kappa shape index (κ2) is 6.94. The third-order valence-electron chi connectivity index (χ3n) is 5.52. The Hall–Kier alpha value is -2.62. The summed E-state index contributed by atoms with van der Waals surface area (Å²) in [7, 11) is 0. The summed E-state index contributed by atoms with van der Waals surface area (Å²) in [5.41, 5.74) is 5.30. The van der Waals surface area contributed by atoms with Crippen LogP contribution in [0.4, 0.5) is 5.69 Å². The van der Waals surface area contributed by atoms with Crippen molar-refractivity contribution in [3.8, 4) is 0 Å². The van der Waals surface area contributed by atoms with E-state index in [4.69, 9.17) is 0 Å². The van der Waals surface area contributed by atoms with Gasteiger partial charge < -0.3 is 10.2 Å². The Morgan fingerprint density at radius 1 is 1.12 bits per heavy atom. The molecule has 0 spiro atoms. The van der Waals surface area contributed by atoms with Crippen molar-refractivity contribution in [3.05, 3.63) is 64.7 Å². The normalized spacial score (nSPS) is 18.2. The van der Waals surface area contributed by atoms with Crippen LogP contribution in [0.1, 0.15) is 59.3 Å². The molecule has 0 saturated heterocycles. The smallest absolute Gasteiger partial charge is 0.251 e. The first kappa shape index (κ1) is 16.8. The zero-order chi connectivity index (χ0) is 18.1. The zero-order valence-corrected chi connectivity index (χ0v) is 15.1. The lowest BCUT2D eigenvalue weighted by Crippen LogP contribution is -2.31. The Bertz CT molecular complexity index is 859. The Morgan fingerprint density at radius 2 is 1.96 bits per heavy atom. The number of nitrogens with zero attached hydrogens (tertiary/aromatic N) is 1. The lowest BCUT2D eigenvalue weighted by atomic mass is 9.87. The third-order valence-corrected chi connectivity index (χ3v) is 5.52. The van der Waals surface area contributed by atoms with Gasteiger partial charge in [-0.05, 0) is 60.6 Å². The summed E-state index contributed by atoms with van der Waals surface area (Å²) in [6, 6.07) is 14.2. The molecule has 4 nitrogen and oxygen atoms in total. The van der Waals surface area contributed by atoms with Gasteiger partial charge in [-0.15, -0.1) is 0 Å². The van der Waals surface area contributed by atoms with E-state index in [1.807, 2.05) is 36.1 Å². The Morgan fingerprint density at radius 3 is 2.81 bits per heavy atom. The van der Waals surface area contributed by atoms with Gasteiger partial charge in [0.05, 0.1) is 6.04 Å². The van der Waals surface area contributed by atoms with Crippen LogP contribution >= 0.6 is 0 Å². The minimum absolute atomic E-state index is 0.0326. The van der Waals surface area contributed by atoms with Crippen molar-refractivity contribution in [3.63, 3.8) is 0 Å². The molecule has 0 aromatic heterocycles. The van der Waals surface area contributed by atoms with Gasteiger partial charge in [0.25, 0.3) is 5.91 Å². The zero-order valence-electron chi connectivity index (χ0n) is 15.1. The highest BCUT2D eigenvalue weighted by Gasteiger charge is 2.26. The number of nitrogens with one attached hydrogen (secondary N) is 1. The lowest BCUT2D eigenvalue weighted by molar-refractivity contribution is -0.118. The maximum atomic E-state index is 12.8. The molecule has 1 atom stereocenters. The summed E-state index contributed by atoms with van der Waals surface area (Å²) in [5.74, 6) is 0.106. The van der Waals surface area contributed by atoms with Gasteiger partial charge in [0.1, 0.15) is 0 Å². The molecule has 0 saturated carbocycles. The van der Waals surface area contributed by atoms with Crippen LogP contribution in [0.2, 0.25) is 0 Å². The van der Waals surface area contributed by atoms with Gasteiger partial charge in [-0.25, -0.2) is 0 Å². The van der Waals surface area contributed by atoms with Crippen molar-refractivity contribution in [2.45, 2.75) is 45.1 Å². The van der Waals surface area contributed by atoms with Gasteiger partial charge in [0.2, 0.25) is 5.91 Å². The molecule has 26 heavy (non-hydrogen) atoms. The summed E-state index contributed by atoms with van der Waals surface area (Å²) in [5, 5.41) is 3.21. The number of rotatable bonds is 3. The minimum atomic E-state index is -0.0326. The highest BCUT2D eigenvalue weighted by Crippen LogP contribution is 2.31. The predicted molar refractivity (Wildman–Crippen MR) is 102 cm³/mol. The number of fused-ring (bicyclic) bond motifs is 2. The molecule has 0 bridgehead atoms. The minimum Gasteiger partial charge on any atom is -0.345 e. The van der Waals surface area contributed by atoms with Crippen LogP contribution in [-0.2, 0) is 17.6 Å². The number of amides is 2. The molecule has 4 heteroatoms. The molecule has 134 valence electrons. The monoisotopic (exact) mass is 348 g/mol. The lowest BCUT2D eigenvalue weighted by Gasteiger charge is -2.26. The number of benzene rings is 2.